The van der Waals surface area contributed by atoms with E-state index in [0.717, 1.165) is 31.4 Å². The number of nitrogens with two attached hydrogens (primary N) is 1. The van der Waals surface area contributed by atoms with Gasteiger partial charge >= 0.3 is 0 Å². The molecule has 4 nitrogen and oxygen atoms in total. The molecule has 1 saturated carbocycles. The minimum absolute atomic E-state index is 0.228. The molecule has 6 heteroatoms. The average Bonchev–Trinajstić information content (AvgIpc) is 2.99. The zero-order valence-electron chi connectivity index (χ0n) is 11.7. The molecule has 3 rings (SSSR count). The first-order valence-corrected chi connectivity index (χ1v) is 8.02. The van der Waals surface area contributed by atoms with Crippen molar-refractivity contribution in [2.75, 3.05) is 13.2 Å². The predicted molar refractivity (Wildman–Crippen MR) is 86.2 cm³/mol. The number of halogens is 2. The second kappa shape index (κ2) is 6.42. The fraction of sp³-hybridized carbons (Fsp3) is 0.533. The number of rotatable bonds is 4. The average molecular weight is 328 g/mol. The van der Waals surface area contributed by atoms with Crippen LogP contribution in [0.5, 0.6) is 0 Å². The molecule has 2 fully saturated rings. The van der Waals surface area contributed by atoms with Gasteiger partial charge in [0.25, 0.3) is 0 Å². The van der Waals surface area contributed by atoms with E-state index in [1.807, 2.05) is 12.1 Å². The maximum atomic E-state index is 6.22. The van der Waals surface area contributed by atoms with Gasteiger partial charge in [0, 0.05) is 28.6 Å². The first kappa shape index (κ1) is 14.9. The Hall–Kier alpha value is -0.970. The number of guanidine groups is 1. The number of hydrogen-bond donors (Lipinski definition) is 2. The SMILES string of the molecule is NC(=NCC1CCCO1)N[C@@H]1C[C@H]1c1ccc(Cl)cc1Cl. The van der Waals surface area contributed by atoms with Crippen LogP contribution in [0.3, 0.4) is 0 Å². The van der Waals surface area contributed by atoms with E-state index < -0.39 is 0 Å². The normalized spacial score (nSPS) is 28.7. The van der Waals surface area contributed by atoms with Gasteiger partial charge in [0.1, 0.15) is 0 Å². The Kier molecular flexibility index (Phi) is 4.57. The van der Waals surface area contributed by atoms with Crippen molar-refractivity contribution in [2.45, 2.75) is 37.3 Å². The summed E-state index contributed by atoms with van der Waals surface area (Å²) in [4.78, 5) is 4.36. The maximum absolute atomic E-state index is 6.22. The van der Waals surface area contributed by atoms with Crippen LogP contribution in [0.15, 0.2) is 23.2 Å². The second-order valence-corrected chi connectivity index (χ2v) is 6.46. The molecule has 2 aliphatic rings. The first-order valence-electron chi connectivity index (χ1n) is 7.26. The Labute approximate surface area is 134 Å². The van der Waals surface area contributed by atoms with Crippen molar-refractivity contribution >= 4 is 29.2 Å². The number of ether oxygens (including phenoxy) is 1. The molecule has 21 heavy (non-hydrogen) atoms. The number of nitrogens with zero attached hydrogens (tertiary/aromatic N) is 1. The van der Waals surface area contributed by atoms with E-state index in [1.165, 1.54) is 0 Å². The summed E-state index contributed by atoms with van der Waals surface area (Å²) in [7, 11) is 0. The maximum Gasteiger partial charge on any atom is 0.188 e. The molecule has 1 aliphatic carbocycles. The quantitative estimate of drug-likeness (QED) is 0.660. The van der Waals surface area contributed by atoms with Crippen molar-refractivity contribution in [1.29, 1.82) is 0 Å². The highest BCUT2D eigenvalue weighted by Gasteiger charge is 2.40. The number of benzene rings is 1. The topological polar surface area (TPSA) is 59.6 Å². The van der Waals surface area contributed by atoms with E-state index in [4.69, 9.17) is 33.7 Å². The van der Waals surface area contributed by atoms with Crippen LogP contribution in [0.4, 0.5) is 0 Å². The van der Waals surface area contributed by atoms with Crippen LogP contribution in [0.1, 0.15) is 30.7 Å². The van der Waals surface area contributed by atoms with Gasteiger partial charge in [0.2, 0.25) is 0 Å². The lowest BCUT2D eigenvalue weighted by atomic mass is 10.1. The summed E-state index contributed by atoms with van der Waals surface area (Å²) in [6.07, 6.45) is 3.43. The Morgan fingerprint density at radius 2 is 2.29 bits per heavy atom. The molecule has 0 bridgehead atoms. The lowest BCUT2D eigenvalue weighted by Gasteiger charge is -2.09. The summed E-state index contributed by atoms with van der Waals surface area (Å²) in [6, 6.07) is 5.93. The van der Waals surface area contributed by atoms with E-state index in [0.29, 0.717) is 34.5 Å². The van der Waals surface area contributed by atoms with E-state index in [9.17, 15) is 0 Å². The fourth-order valence-corrected chi connectivity index (χ4v) is 3.27. The summed E-state index contributed by atoms with van der Waals surface area (Å²) in [5, 5.41) is 4.62. The van der Waals surface area contributed by atoms with Gasteiger partial charge in [-0.15, -0.1) is 0 Å². The lowest BCUT2D eigenvalue weighted by molar-refractivity contribution is 0.118. The highest BCUT2D eigenvalue weighted by atomic mass is 35.5. The monoisotopic (exact) mass is 327 g/mol. The van der Waals surface area contributed by atoms with Crippen molar-refractivity contribution in [3.05, 3.63) is 33.8 Å². The molecule has 1 aromatic rings. The Balaban J connectivity index is 1.52. The highest BCUT2D eigenvalue weighted by molar-refractivity contribution is 6.35. The fourth-order valence-electron chi connectivity index (χ4n) is 2.72. The molecule has 3 N–H and O–H groups in total. The van der Waals surface area contributed by atoms with Gasteiger partial charge in [-0.1, -0.05) is 29.3 Å². The van der Waals surface area contributed by atoms with Crippen molar-refractivity contribution < 1.29 is 4.74 Å². The van der Waals surface area contributed by atoms with Crippen molar-refractivity contribution in [2.24, 2.45) is 10.7 Å². The molecular formula is C15H19Cl2N3O. The van der Waals surface area contributed by atoms with E-state index in [-0.39, 0.29) is 6.10 Å². The van der Waals surface area contributed by atoms with Crippen LogP contribution in [-0.2, 0) is 4.74 Å². The van der Waals surface area contributed by atoms with Crippen LogP contribution in [0.25, 0.3) is 0 Å². The summed E-state index contributed by atoms with van der Waals surface area (Å²) >= 11 is 12.1. The van der Waals surface area contributed by atoms with Gasteiger partial charge in [0.15, 0.2) is 5.96 Å². The van der Waals surface area contributed by atoms with Gasteiger partial charge in [-0.25, -0.2) is 0 Å². The standard InChI is InChI=1S/C15H19Cl2N3O/c16-9-3-4-11(13(17)6-9)12-7-14(12)20-15(18)19-8-10-2-1-5-21-10/h3-4,6,10,12,14H,1-2,5,7-8H2,(H3,18,19,20)/t10?,12-,14+/m0/s1. The van der Waals surface area contributed by atoms with Gasteiger partial charge in [-0.2, -0.15) is 0 Å². The highest BCUT2D eigenvalue weighted by Crippen LogP contribution is 2.44. The molecule has 0 amide bonds. The summed E-state index contributed by atoms with van der Waals surface area (Å²) in [6.45, 7) is 1.48. The molecule has 1 saturated heterocycles. The first-order chi connectivity index (χ1) is 10.1. The van der Waals surface area contributed by atoms with Crippen LogP contribution in [0.2, 0.25) is 10.0 Å². The molecule has 0 spiro atoms. The molecule has 1 aliphatic heterocycles. The van der Waals surface area contributed by atoms with Gasteiger partial charge in [0.05, 0.1) is 12.6 Å². The smallest absolute Gasteiger partial charge is 0.188 e. The Morgan fingerprint density at radius 1 is 1.43 bits per heavy atom. The molecule has 1 unspecified atom stereocenters. The summed E-state index contributed by atoms with van der Waals surface area (Å²) in [5.74, 6) is 0.870. The van der Waals surface area contributed by atoms with Crippen LogP contribution in [0, 0.1) is 0 Å². The van der Waals surface area contributed by atoms with Crippen LogP contribution in [-0.4, -0.2) is 31.3 Å². The molecule has 1 heterocycles. The molecule has 1 aromatic carbocycles. The predicted octanol–water partition coefficient (Wildman–Crippen LogP) is 2.93. The number of aliphatic imine (C=N–C) groups is 1. The van der Waals surface area contributed by atoms with Gasteiger partial charge in [-0.05, 0) is 37.0 Å². The molecular weight excluding hydrogens is 309 g/mol. The second-order valence-electron chi connectivity index (χ2n) is 5.62. The number of hydrogen-bond acceptors (Lipinski definition) is 2. The number of nitrogens with one attached hydrogen (secondary N) is 1. The zero-order chi connectivity index (χ0) is 14.8. The Bertz CT molecular complexity index is 544. The van der Waals surface area contributed by atoms with E-state index >= 15 is 0 Å². The van der Waals surface area contributed by atoms with Crippen molar-refractivity contribution in [3.63, 3.8) is 0 Å². The molecule has 0 radical (unpaired) electrons. The third-order valence-corrected chi connectivity index (χ3v) is 4.54. The zero-order valence-corrected chi connectivity index (χ0v) is 13.2. The summed E-state index contributed by atoms with van der Waals surface area (Å²) in [5.41, 5.74) is 7.04. The summed E-state index contributed by atoms with van der Waals surface area (Å²) < 4.78 is 5.52. The van der Waals surface area contributed by atoms with Gasteiger partial charge < -0.3 is 15.8 Å². The molecule has 0 aromatic heterocycles. The third kappa shape index (κ3) is 3.82. The van der Waals surface area contributed by atoms with Crippen molar-refractivity contribution in [1.82, 2.24) is 5.32 Å². The lowest BCUT2D eigenvalue weighted by Crippen LogP contribution is -2.35. The van der Waals surface area contributed by atoms with E-state index in [1.54, 1.807) is 6.07 Å². The molecule has 3 atom stereocenters. The van der Waals surface area contributed by atoms with E-state index in [2.05, 4.69) is 10.3 Å². The van der Waals surface area contributed by atoms with Crippen molar-refractivity contribution in [3.8, 4) is 0 Å². The minimum Gasteiger partial charge on any atom is -0.376 e. The largest absolute Gasteiger partial charge is 0.376 e. The third-order valence-electron chi connectivity index (χ3n) is 3.97. The van der Waals surface area contributed by atoms with Crippen LogP contribution < -0.4 is 11.1 Å². The Morgan fingerprint density at radius 3 is 3.00 bits per heavy atom. The minimum atomic E-state index is 0.228. The molecule has 114 valence electrons. The van der Waals surface area contributed by atoms with Gasteiger partial charge in [-0.3, -0.25) is 4.99 Å². The van der Waals surface area contributed by atoms with Crippen LogP contribution >= 0.6 is 23.2 Å².